The molecule has 0 aliphatic rings. The minimum atomic E-state index is 0.984. The minimum Gasteiger partial charge on any atom is -0.381 e. The van der Waals surface area contributed by atoms with Crippen LogP contribution < -0.4 is 0 Å². The highest BCUT2D eigenvalue weighted by Gasteiger charge is 1.94. The van der Waals surface area contributed by atoms with Crippen molar-refractivity contribution in [2.45, 2.75) is 117 Å². The van der Waals surface area contributed by atoms with E-state index in [4.69, 9.17) is 4.74 Å². The van der Waals surface area contributed by atoms with Gasteiger partial charge in [-0.3, -0.25) is 0 Å². The average Bonchev–Trinajstić information content (AvgIpc) is 2.50. The van der Waals surface area contributed by atoms with E-state index in [2.05, 4.69) is 13.8 Å². The van der Waals surface area contributed by atoms with Crippen molar-refractivity contribution in [3.8, 4) is 0 Å². The zero-order valence-electron chi connectivity index (χ0n) is 15.1. The molecule has 128 valence electrons. The van der Waals surface area contributed by atoms with Crippen molar-refractivity contribution >= 4 is 0 Å². The summed E-state index contributed by atoms with van der Waals surface area (Å²) in [4.78, 5) is 0. The molecule has 0 heterocycles. The van der Waals surface area contributed by atoms with Crippen LogP contribution in [0.5, 0.6) is 0 Å². The van der Waals surface area contributed by atoms with E-state index >= 15 is 0 Å². The van der Waals surface area contributed by atoms with Crippen LogP contribution in [0.15, 0.2) is 0 Å². The Morgan fingerprint density at radius 1 is 0.381 bits per heavy atom. The third-order valence-electron chi connectivity index (χ3n) is 4.28. The summed E-state index contributed by atoms with van der Waals surface area (Å²) >= 11 is 0. The molecule has 0 saturated carbocycles. The zero-order valence-corrected chi connectivity index (χ0v) is 15.1. The molecule has 0 N–H and O–H groups in total. The van der Waals surface area contributed by atoms with Gasteiger partial charge in [-0.2, -0.15) is 0 Å². The Hall–Kier alpha value is -0.0400. The Balaban J connectivity index is 2.90. The summed E-state index contributed by atoms with van der Waals surface area (Å²) < 4.78 is 5.67. The SMILES string of the molecule is CCCCCCCCCCCCCCOCCCCCC. The molecule has 0 rings (SSSR count). The lowest BCUT2D eigenvalue weighted by Crippen LogP contribution is -1.97. The summed E-state index contributed by atoms with van der Waals surface area (Å²) in [7, 11) is 0. The lowest BCUT2D eigenvalue weighted by atomic mass is 10.1. The van der Waals surface area contributed by atoms with Crippen molar-refractivity contribution in [1.82, 2.24) is 0 Å². The van der Waals surface area contributed by atoms with Crippen LogP contribution in [0.3, 0.4) is 0 Å². The maximum absolute atomic E-state index is 5.67. The molecule has 0 aromatic carbocycles. The predicted molar refractivity (Wildman–Crippen MR) is 96.0 cm³/mol. The van der Waals surface area contributed by atoms with E-state index in [0.29, 0.717) is 0 Å². The fourth-order valence-corrected chi connectivity index (χ4v) is 2.78. The van der Waals surface area contributed by atoms with Gasteiger partial charge in [-0.05, 0) is 12.8 Å². The van der Waals surface area contributed by atoms with Crippen LogP contribution in [0.2, 0.25) is 0 Å². The first-order chi connectivity index (χ1) is 10.4. The first-order valence-corrected chi connectivity index (χ1v) is 9.99. The van der Waals surface area contributed by atoms with E-state index in [9.17, 15) is 0 Å². The summed E-state index contributed by atoms with van der Waals surface area (Å²) in [5.74, 6) is 0. The van der Waals surface area contributed by atoms with Gasteiger partial charge < -0.3 is 4.74 Å². The van der Waals surface area contributed by atoms with Crippen LogP contribution >= 0.6 is 0 Å². The molecule has 1 heteroatoms. The maximum Gasteiger partial charge on any atom is 0.0466 e. The lowest BCUT2D eigenvalue weighted by molar-refractivity contribution is 0.125. The van der Waals surface area contributed by atoms with Gasteiger partial charge >= 0.3 is 0 Å². The fraction of sp³-hybridized carbons (Fsp3) is 1.00. The van der Waals surface area contributed by atoms with Gasteiger partial charge in [0.2, 0.25) is 0 Å². The van der Waals surface area contributed by atoms with E-state index in [1.807, 2.05) is 0 Å². The molecule has 0 radical (unpaired) electrons. The van der Waals surface area contributed by atoms with Gasteiger partial charge in [0, 0.05) is 13.2 Å². The highest BCUT2D eigenvalue weighted by molar-refractivity contribution is 4.48. The maximum atomic E-state index is 5.67. The number of hydrogen-bond acceptors (Lipinski definition) is 1. The van der Waals surface area contributed by atoms with Crippen molar-refractivity contribution in [1.29, 1.82) is 0 Å². The van der Waals surface area contributed by atoms with Crippen LogP contribution in [-0.4, -0.2) is 13.2 Å². The Morgan fingerprint density at radius 2 is 0.667 bits per heavy atom. The molecule has 21 heavy (non-hydrogen) atoms. The first kappa shape index (κ1) is 21.0. The normalized spacial score (nSPS) is 11.1. The topological polar surface area (TPSA) is 9.23 Å². The molecule has 1 nitrogen and oxygen atoms in total. The molecule has 0 aromatic heterocycles. The van der Waals surface area contributed by atoms with Crippen molar-refractivity contribution in [2.24, 2.45) is 0 Å². The molecule has 0 aliphatic heterocycles. The molecule has 0 atom stereocenters. The molecular weight excluding hydrogens is 256 g/mol. The second kappa shape index (κ2) is 20.0. The van der Waals surface area contributed by atoms with Gasteiger partial charge in [0.25, 0.3) is 0 Å². The van der Waals surface area contributed by atoms with E-state index in [1.54, 1.807) is 0 Å². The lowest BCUT2D eigenvalue weighted by Gasteiger charge is -2.04. The summed E-state index contributed by atoms with van der Waals surface area (Å²) in [6.07, 6.45) is 22.3. The second-order valence-electron chi connectivity index (χ2n) is 6.56. The third-order valence-corrected chi connectivity index (χ3v) is 4.28. The second-order valence-corrected chi connectivity index (χ2v) is 6.56. The van der Waals surface area contributed by atoms with Crippen LogP contribution in [0.1, 0.15) is 117 Å². The summed E-state index contributed by atoms with van der Waals surface area (Å²) in [6.45, 7) is 6.52. The van der Waals surface area contributed by atoms with E-state index < -0.39 is 0 Å². The van der Waals surface area contributed by atoms with Crippen molar-refractivity contribution in [3.63, 3.8) is 0 Å². The zero-order chi connectivity index (χ0) is 15.4. The number of rotatable bonds is 18. The number of unbranched alkanes of at least 4 members (excludes halogenated alkanes) is 14. The molecular formula is C20H42O. The van der Waals surface area contributed by atoms with Crippen molar-refractivity contribution < 1.29 is 4.74 Å². The largest absolute Gasteiger partial charge is 0.381 e. The van der Waals surface area contributed by atoms with Crippen LogP contribution in [0.4, 0.5) is 0 Å². The highest BCUT2D eigenvalue weighted by Crippen LogP contribution is 2.11. The quantitative estimate of drug-likeness (QED) is 0.241. The molecule has 0 saturated heterocycles. The first-order valence-electron chi connectivity index (χ1n) is 9.99. The van der Waals surface area contributed by atoms with Gasteiger partial charge in [-0.15, -0.1) is 0 Å². The Labute approximate surface area is 135 Å². The Morgan fingerprint density at radius 3 is 1.05 bits per heavy atom. The number of ether oxygens (including phenoxy) is 1. The van der Waals surface area contributed by atoms with Crippen LogP contribution in [-0.2, 0) is 4.74 Å². The smallest absolute Gasteiger partial charge is 0.0466 e. The fourth-order valence-electron chi connectivity index (χ4n) is 2.78. The van der Waals surface area contributed by atoms with Crippen LogP contribution in [0.25, 0.3) is 0 Å². The van der Waals surface area contributed by atoms with Crippen LogP contribution in [0, 0.1) is 0 Å². The van der Waals surface area contributed by atoms with E-state index in [1.165, 1.54) is 103 Å². The third kappa shape index (κ3) is 20.0. The standard InChI is InChI=1S/C20H42O/c1-3-5-7-9-10-11-12-13-14-15-16-18-20-21-19-17-8-6-4-2/h3-20H2,1-2H3. The highest BCUT2D eigenvalue weighted by atomic mass is 16.5. The molecule has 0 aliphatic carbocycles. The van der Waals surface area contributed by atoms with Gasteiger partial charge in [-0.25, -0.2) is 0 Å². The molecule has 0 bridgehead atoms. The Kier molecular flexibility index (Phi) is 19.9. The summed E-state index contributed by atoms with van der Waals surface area (Å²) in [5.41, 5.74) is 0. The molecule has 0 amide bonds. The van der Waals surface area contributed by atoms with Gasteiger partial charge in [0.15, 0.2) is 0 Å². The molecule has 0 fully saturated rings. The van der Waals surface area contributed by atoms with Gasteiger partial charge in [0.05, 0.1) is 0 Å². The molecule has 0 spiro atoms. The average molecular weight is 299 g/mol. The van der Waals surface area contributed by atoms with E-state index in [0.717, 1.165) is 13.2 Å². The van der Waals surface area contributed by atoms with Crippen molar-refractivity contribution in [3.05, 3.63) is 0 Å². The Bertz CT molecular complexity index is 149. The predicted octanol–water partition coefficient (Wildman–Crippen LogP) is 7.28. The monoisotopic (exact) mass is 298 g/mol. The molecule has 0 aromatic rings. The van der Waals surface area contributed by atoms with E-state index in [-0.39, 0.29) is 0 Å². The van der Waals surface area contributed by atoms with Crippen molar-refractivity contribution in [2.75, 3.05) is 13.2 Å². The summed E-state index contributed by atoms with van der Waals surface area (Å²) in [6, 6.07) is 0. The number of hydrogen-bond donors (Lipinski definition) is 0. The molecule has 0 unspecified atom stereocenters. The van der Waals surface area contributed by atoms with Gasteiger partial charge in [0.1, 0.15) is 0 Å². The van der Waals surface area contributed by atoms with Gasteiger partial charge in [-0.1, -0.05) is 104 Å². The summed E-state index contributed by atoms with van der Waals surface area (Å²) in [5, 5.41) is 0. The minimum absolute atomic E-state index is 0.984.